The van der Waals surface area contributed by atoms with Crippen molar-refractivity contribution in [1.29, 1.82) is 0 Å². The molecule has 2 aromatic rings. The number of methoxy groups -OCH3 is 1. The van der Waals surface area contributed by atoms with Crippen LogP contribution in [-0.2, 0) is 0 Å². The molecular weight excluding hydrogens is 298 g/mol. The summed E-state index contributed by atoms with van der Waals surface area (Å²) in [7, 11) is 1.55. The molecule has 1 aromatic heterocycles. The minimum Gasteiger partial charge on any atom is -0.497 e. The molecule has 1 aliphatic rings. The lowest BCUT2D eigenvalue weighted by Crippen LogP contribution is -2.20. The van der Waals surface area contributed by atoms with Crippen LogP contribution < -0.4 is 10.1 Å². The Bertz CT molecular complexity index is 842. The Morgan fingerprint density at radius 2 is 1.87 bits per heavy atom. The third-order valence-corrected chi connectivity index (χ3v) is 3.44. The summed E-state index contributed by atoms with van der Waals surface area (Å²) in [6.07, 6.45) is 1.20. The lowest BCUT2D eigenvalue weighted by molar-refractivity contribution is 0.0950. The number of rotatable bonds is 4. The first kappa shape index (κ1) is 14.8. The largest absolute Gasteiger partial charge is 0.497 e. The monoisotopic (exact) mass is 311 g/mol. The Morgan fingerprint density at radius 3 is 2.48 bits per heavy atom. The molecule has 23 heavy (non-hydrogen) atoms. The van der Waals surface area contributed by atoms with Gasteiger partial charge in [0.2, 0.25) is 5.78 Å². The van der Waals surface area contributed by atoms with E-state index in [4.69, 9.17) is 9.15 Å². The maximum Gasteiger partial charge on any atom is 0.245 e. The molecule has 0 fully saturated rings. The number of hydrogen-bond acceptors (Lipinski definition) is 6. The van der Waals surface area contributed by atoms with E-state index in [9.17, 15) is 14.4 Å². The zero-order valence-electron chi connectivity index (χ0n) is 12.5. The highest BCUT2D eigenvalue weighted by Crippen LogP contribution is 2.26. The second-order valence-electron chi connectivity index (χ2n) is 5.01. The van der Waals surface area contributed by atoms with Crippen LogP contribution in [0.5, 0.6) is 5.75 Å². The van der Waals surface area contributed by atoms with E-state index in [1.807, 2.05) is 0 Å². The van der Waals surface area contributed by atoms with E-state index in [2.05, 4.69) is 5.32 Å². The number of carbonyl (C=O) groups excluding carboxylic acids is 3. The second kappa shape index (κ2) is 5.57. The van der Waals surface area contributed by atoms with E-state index in [1.165, 1.54) is 19.1 Å². The molecule has 116 valence electrons. The molecule has 0 radical (unpaired) electrons. The van der Waals surface area contributed by atoms with Gasteiger partial charge in [0.1, 0.15) is 5.75 Å². The van der Waals surface area contributed by atoms with Gasteiger partial charge >= 0.3 is 0 Å². The first-order chi connectivity index (χ1) is 11.0. The lowest BCUT2D eigenvalue weighted by Gasteiger charge is -2.13. The van der Waals surface area contributed by atoms with Crippen molar-refractivity contribution in [1.82, 2.24) is 0 Å². The Labute approximate surface area is 131 Å². The maximum atomic E-state index is 12.4. The van der Waals surface area contributed by atoms with Crippen molar-refractivity contribution >= 4 is 23.0 Å². The first-order valence-electron chi connectivity index (χ1n) is 6.86. The van der Waals surface area contributed by atoms with Gasteiger partial charge in [0.05, 0.1) is 18.4 Å². The van der Waals surface area contributed by atoms with Crippen LogP contribution in [0.4, 0.5) is 5.69 Å². The summed E-state index contributed by atoms with van der Waals surface area (Å²) in [5, 5.41) is 2.88. The van der Waals surface area contributed by atoms with Gasteiger partial charge in [-0.3, -0.25) is 14.4 Å². The van der Waals surface area contributed by atoms with E-state index in [0.717, 1.165) is 0 Å². The van der Waals surface area contributed by atoms with E-state index < -0.39 is 5.78 Å². The zero-order valence-corrected chi connectivity index (χ0v) is 12.5. The predicted octanol–water partition coefficient (Wildman–Crippen LogP) is 2.87. The number of nitrogens with one attached hydrogen (secondary N) is 1. The Hall–Kier alpha value is -3.15. The van der Waals surface area contributed by atoms with Crippen LogP contribution in [0.1, 0.15) is 38.4 Å². The van der Waals surface area contributed by atoms with Gasteiger partial charge in [-0.1, -0.05) is 0 Å². The summed E-state index contributed by atoms with van der Waals surface area (Å²) < 4.78 is 10.3. The van der Waals surface area contributed by atoms with Gasteiger partial charge in [-0.2, -0.15) is 0 Å². The van der Waals surface area contributed by atoms with Crippen LogP contribution >= 0.6 is 0 Å². The third kappa shape index (κ3) is 2.66. The molecule has 0 amide bonds. The highest BCUT2D eigenvalue weighted by Gasteiger charge is 2.31. The van der Waals surface area contributed by atoms with Gasteiger partial charge < -0.3 is 14.5 Å². The smallest absolute Gasteiger partial charge is 0.245 e. The number of benzene rings is 1. The van der Waals surface area contributed by atoms with Crippen molar-refractivity contribution < 1.29 is 23.5 Å². The number of hydrogen-bond donors (Lipinski definition) is 1. The van der Waals surface area contributed by atoms with Crippen molar-refractivity contribution in [3.63, 3.8) is 0 Å². The highest BCUT2D eigenvalue weighted by atomic mass is 16.5. The molecule has 0 unspecified atom stereocenters. The Kier molecular flexibility index (Phi) is 3.57. The number of anilines is 1. The number of allylic oxidation sites excluding steroid dienone is 2. The summed E-state index contributed by atoms with van der Waals surface area (Å²) >= 11 is 0. The number of ether oxygens (including phenoxy) is 1. The third-order valence-electron chi connectivity index (χ3n) is 3.44. The number of fused-ring (bicyclic) bond motifs is 1. The van der Waals surface area contributed by atoms with Crippen LogP contribution in [0.3, 0.4) is 0 Å². The number of ketones is 3. The average Bonchev–Trinajstić information content (AvgIpc) is 2.99. The fourth-order valence-corrected chi connectivity index (χ4v) is 2.24. The minimum absolute atomic E-state index is 0.00389. The zero-order chi connectivity index (χ0) is 16.6. The van der Waals surface area contributed by atoms with Crippen LogP contribution in [0.15, 0.2) is 46.5 Å². The van der Waals surface area contributed by atoms with Gasteiger partial charge in [-0.05, 0) is 30.3 Å². The Balaban J connectivity index is 1.90. The summed E-state index contributed by atoms with van der Waals surface area (Å²) in [5.74, 6) is -0.635. The molecule has 3 rings (SSSR count). The molecule has 6 heteroatoms. The van der Waals surface area contributed by atoms with E-state index in [1.54, 1.807) is 31.4 Å². The van der Waals surface area contributed by atoms with Crippen LogP contribution in [0, 0.1) is 0 Å². The summed E-state index contributed by atoms with van der Waals surface area (Å²) in [6, 6.07) is 8.19. The van der Waals surface area contributed by atoms with Crippen LogP contribution in [0.25, 0.3) is 0 Å². The molecule has 1 heterocycles. The fraction of sp³-hybridized carbons (Fsp3) is 0.118. The predicted molar refractivity (Wildman–Crippen MR) is 82.1 cm³/mol. The van der Waals surface area contributed by atoms with E-state index in [-0.39, 0.29) is 34.3 Å². The number of furan rings is 1. The molecule has 0 spiro atoms. The van der Waals surface area contributed by atoms with Gasteiger partial charge in [0.15, 0.2) is 23.1 Å². The SMILES string of the molecule is COc1ccc(NC2=CC(=O)c3cc(C(C)=O)oc3C2=O)cc1. The first-order valence-corrected chi connectivity index (χ1v) is 6.86. The van der Waals surface area contributed by atoms with E-state index >= 15 is 0 Å². The molecule has 0 atom stereocenters. The molecule has 0 bridgehead atoms. The standard InChI is InChI=1S/C17H13NO5/c1-9(19)15-7-12-14(20)8-13(16(21)17(12)23-15)18-10-3-5-11(22-2)6-4-10/h3-8,18H,1-2H3. The van der Waals surface area contributed by atoms with Gasteiger partial charge in [-0.25, -0.2) is 0 Å². The molecule has 1 aromatic carbocycles. The average molecular weight is 311 g/mol. The number of carbonyl (C=O) groups is 3. The highest BCUT2D eigenvalue weighted by molar-refractivity contribution is 6.24. The molecule has 0 saturated carbocycles. The van der Waals surface area contributed by atoms with Crippen molar-refractivity contribution in [3.05, 3.63) is 59.2 Å². The second-order valence-corrected chi connectivity index (χ2v) is 5.01. The normalized spacial score (nSPS) is 13.4. The summed E-state index contributed by atoms with van der Waals surface area (Å²) in [6.45, 7) is 1.31. The Morgan fingerprint density at radius 1 is 1.17 bits per heavy atom. The summed E-state index contributed by atoms with van der Waals surface area (Å²) in [4.78, 5) is 35.9. The lowest BCUT2D eigenvalue weighted by atomic mass is 9.99. The molecular formula is C17H13NO5. The van der Waals surface area contributed by atoms with Crippen LogP contribution in [-0.4, -0.2) is 24.5 Å². The molecule has 6 nitrogen and oxygen atoms in total. The van der Waals surface area contributed by atoms with Crippen molar-refractivity contribution in [2.75, 3.05) is 12.4 Å². The van der Waals surface area contributed by atoms with Crippen molar-refractivity contribution in [2.24, 2.45) is 0 Å². The van der Waals surface area contributed by atoms with Crippen LogP contribution in [0.2, 0.25) is 0 Å². The van der Waals surface area contributed by atoms with Crippen molar-refractivity contribution in [2.45, 2.75) is 6.92 Å². The molecule has 0 saturated heterocycles. The van der Waals surface area contributed by atoms with E-state index in [0.29, 0.717) is 11.4 Å². The van der Waals surface area contributed by atoms with Gasteiger partial charge in [0, 0.05) is 18.7 Å². The quantitative estimate of drug-likeness (QED) is 0.874. The maximum absolute atomic E-state index is 12.4. The van der Waals surface area contributed by atoms with Crippen molar-refractivity contribution in [3.8, 4) is 5.75 Å². The minimum atomic E-state index is -0.470. The fourth-order valence-electron chi connectivity index (χ4n) is 2.24. The molecule has 1 N–H and O–H groups in total. The molecule has 1 aliphatic carbocycles. The summed E-state index contributed by atoms with van der Waals surface area (Å²) in [5.41, 5.74) is 0.831. The van der Waals surface area contributed by atoms with Gasteiger partial charge in [0.25, 0.3) is 0 Å². The van der Waals surface area contributed by atoms with Gasteiger partial charge in [-0.15, -0.1) is 0 Å². The molecule has 0 aliphatic heterocycles. The number of Topliss-reactive ketones (excluding diaryl/α,β-unsaturated/α-hetero) is 2. The topological polar surface area (TPSA) is 85.6 Å².